The maximum atomic E-state index is 10.8. The summed E-state index contributed by atoms with van der Waals surface area (Å²) in [5.74, 6) is -0.261. The molecule has 6 heteroatoms. The number of methoxy groups -OCH3 is 2. The van der Waals surface area contributed by atoms with E-state index in [1.807, 2.05) is 0 Å². The Hall–Kier alpha value is -0.750. The van der Waals surface area contributed by atoms with E-state index in [4.69, 9.17) is 5.73 Å². The molecule has 76 valence electrons. The van der Waals surface area contributed by atoms with Crippen molar-refractivity contribution in [1.82, 2.24) is 0 Å². The van der Waals surface area contributed by atoms with Gasteiger partial charge in [0.1, 0.15) is 6.04 Å². The summed E-state index contributed by atoms with van der Waals surface area (Å²) in [6.45, 7) is 0. The molecule has 0 bridgehead atoms. The van der Waals surface area contributed by atoms with E-state index < -0.39 is 12.0 Å². The van der Waals surface area contributed by atoms with E-state index in [9.17, 15) is 9.59 Å². The summed E-state index contributed by atoms with van der Waals surface area (Å²) in [6.07, 6.45) is 0. The van der Waals surface area contributed by atoms with Gasteiger partial charge < -0.3 is 15.2 Å². The van der Waals surface area contributed by atoms with Gasteiger partial charge in [-0.1, -0.05) is 0 Å². The maximum Gasteiger partial charge on any atom is 0.323 e. The summed E-state index contributed by atoms with van der Waals surface area (Å²) in [5, 5.41) is 0. The molecular weight excluding hydrogens is 194 g/mol. The summed E-state index contributed by atoms with van der Waals surface area (Å²) < 4.78 is 8.80. The molecule has 13 heavy (non-hydrogen) atoms. The van der Waals surface area contributed by atoms with Crippen LogP contribution in [0.25, 0.3) is 0 Å². The monoisotopic (exact) mass is 207 g/mol. The summed E-state index contributed by atoms with van der Waals surface area (Å²) in [4.78, 5) is 21.4. The Labute approximate surface area is 80.9 Å². The lowest BCUT2D eigenvalue weighted by Gasteiger charge is -2.07. The van der Waals surface area contributed by atoms with Crippen LogP contribution in [0.1, 0.15) is 0 Å². The van der Waals surface area contributed by atoms with Crippen LogP contribution in [0, 0.1) is 0 Å². The van der Waals surface area contributed by atoms with E-state index in [1.165, 1.54) is 26.0 Å². The van der Waals surface area contributed by atoms with Crippen LogP contribution in [0.15, 0.2) is 0 Å². The predicted molar refractivity (Wildman–Crippen MR) is 49.3 cm³/mol. The summed E-state index contributed by atoms with van der Waals surface area (Å²) in [5.41, 5.74) is 5.41. The first-order valence-electron chi connectivity index (χ1n) is 3.59. The van der Waals surface area contributed by atoms with Gasteiger partial charge in [0, 0.05) is 5.75 Å². The molecule has 0 aromatic carbocycles. The third-order valence-corrected chi connectivity index (χ3v) is 2.28. The highest BCUT2D eigenvalue weighted by Crippen LogP contribution is 2.02. The van der Waals surface area contributed by atoms with Gasteiger partial charge in [-0.2, -0.15) is 0 Å². The minimum Gasteiger partial charge on any atom is -0.468 e. The summed E-state index contributed by atoms with van der Waals surface area (Å²) >= 11 is 1.24. The highest BCUT2D eigenvalue weighted by Gasteiger charge is 2.13. The van der Waals surface area contributed by atoms with Gasteiger partial charge in [-0.25, -0.2) is 0 Å². The van der Waals surface area contributed by atoms with Crippen molar-refractivity contribution < 1.29 is 19.1 Å². The van der Waals surface area contributed by atoms with E-state index in [0.29, 0.717) is 5.75 Å². The van der Waals surface area contributed by atoms with Crippen molar-refractivity contribution in [3.63, 3.8) is 0 Å². The van der Waals surface area contributed by atoms with E-state index >= 15 is 0 Å². The number of esters is 2. The number of carbonyl (C=O) groups excluding carboxylic acids is 2. The normalized spacial score (nSPS) is 11.9. The van der Waals surface area contributed by atoms with Crippen LogP contribution in [0.2, 0.25) is 0 Å². The van der Waals surface area contributed by atoms with E-state index in [0.717, 1.165) is 0 Å². The molecule has 0 heterocycles. The molecule has 0 aromatic rings. The van der Waals surface area contributed by atoms with Gasteiger partial charge in [0.15, 0.2) is 0 Å². The molecule has 0 aliphatic carbocycles. The Bertz CT molecular complexity index is 185. The lowest BCUT2D eigenvalue weighted by molar-refractivity contribution is -0.141. The number of ether oxygens (including phenoxy) is 2. The Morgan fingerprint density at radius 1 is 1.38 bits per heavy atom. The molecule has 0 spiro atoms. The summed E-state index contributed by atoms with van der Waals surface area (Å²) in [7, 11) is 2.58. The molecule has 0 fully saturated rings. The van der Waals surface area contributed by atoms with Crippen LogP contribution in [0.4, 0.5) is 0 Å². The third kappa shape index (κ3) is 5.48. The second-order valence-corrected chi connectivity index (χ2v) is 3.25. The average molecular weight is 207 g/mol. The zero-order valence-corrected chi connectivity index (χ0v) is 8.43. The Balaban J connectivity index is 3.53. The first-order valence-corrected chi connectivity index (χ1v) is 4.75. The zero-order chi connectivity index (χ0) is 10.3. The highest BCUT2D eigenvalue weighted by molar-refractivity contribution is 8.00. The molecule has 0 aliphatic rings. The molecular formula is C7H13NO4S. The SMILES string of the molecule is COC(=O)CSC[C@H](N)C(=O)OC. The Kier molecular flexibility index (Phi) is 6.34. The second kappa shape index (κ2) is 6.73. The van der Waals surface area contributed by atoms with Crippen molar-refractivity contribution >= 4 is 23.7 Å². The fourth-order valence-corrected chi connectivity index (χ4v) is 1.34. The molecule has 0 amide bonds. The largest absolute Gasteiger partial charge is 0.468 e. The van der Waals surface area contributed by atoms with Gasteiger partial charge in [-0.3, -0.25) is 9.59 Å². The zero-order valence-electron chi connectivity index (χ0n) is 7.61. The lowest BCUT2D eigenvalue weighted by atomic mass is 10.4. The fraction of sp³-hybridized carbons (Fsp3) is 0.714. The molecule has 0 aliphatic heterocycles. The summed E-state index contributed by atoms with van der Waals surface area (Å²) in [6, 6.07) is -0.681. The van der Waals surface area contributed by atoms with Crippen LogP contribution in [-0.4, -0.2) is 43.7 Å². The van der Waals surface area contributed by atoms with Crippen LogP contribution < -0.4 is 5.73 Å². The quantitative estimate of drug-likeness (QED) is 0.606. The van der Waals surface area contributed by atoms with Crippen molar-refractivity contribution in [3.8, 4) is 0 Å². The van der Waals surface area contributed by atoms with Crippen molar-refractivity contribution in [2.75, 3.05) is 25.7 Å². The molecule has 0 rings (SSSR count). The van der Waals surface area contributed by atoms with Crippen molar-refractivity contribution in [1.29, 1.82) is 0 Å². The van der Waals surface area contributed by atoms with Gasteiger partial charge in [-0.05, 0) is 0 Å². The van der Waals surface area contributed by atoms with Crippen molar-refractivity contribution in [2.24, 2.45) is 5.73 Å². The first kappa shape index (κ1) is 12.2. The smallest absolute Gasteiger partial charge is 0.323 e. The van der Waals surface area contributed by atoms with E-state index in [2.05, 4.69) is 9.47 Å². The molecule has 0 aromatic heterocycles. The minimum atomic E-state index is -0.681. The highest BCUT2D eigenvalue weighted by atomic mass is 32.2. The maximum absolute atomic E-state index is 10.8. The average Bonchev–Trinajstić information content (AvgIpc) is 2.15. The molecule has 0 saturated heterocycles. The van der Waals surface area contributed by atoms with Gasteiger partial charge in [0.2, 0.25) is 0 Å². The Morgan fingerprint density at radius 3 is 2.46 bits per heavy atom. The van der Waals surface area contributed by atoms with Crippen molar-refractivity contribution in [2.45, 2.75) is 6.04 Å². The molecule has 0 unspecified atom stereocenters. The van der Waals surface area contributed by atoms with E-state index in [-0.39, 0.29) is 11.7 Å². The predicted octanol–water partition coefficient (Wildman–Crippen LogP) is -0.607. The minimum absolute atomic E-state index is 0.196. The Morgan fingerprint density at radius 2 is 2.00 bits per heavy atom. The van der Waals surface area contributed by atoms with Crippen LogP contribution in [0.5, 0.6) is 0 Å². The molecule has 0 saturated carbocycles. The topological polar surface area (TPSA) is 78.6 Å². The molecule has 5 nitrogen and oxygen atoms in total. The number of rotatable bonds is 5. The van der Waals surface area contributed by atoms with Gasteiger partial charge in [0.05, 0.1) is 20.0 Å². The standard InChI is InChI=1S/C7H13NO4S/c1-11-6(9)4-13-3-5(8)7(10)12-2/h5H,3-4,8H2,1-2H3/t5-/m0/s1. The first-order chi connectivity index (χ1) is 6.11. The van der Waals surface area contributed by atoms with Gasteiger partial charge >= 0.3 is 11.9 Å². The van der Waals surface area contributed by atoms with Crippen LogP contribution >= 0.6 is 11.8 Å². The number of hydrogen-bond acceptors (Lipinski definition) is 6. The van der Waals surface area contributed by atoms with Crippen LogP contribution in [-0.2, 0) is 19.1 Å². The number of carbonyl (C=O) groups is 2. The van der Waals surface area contributed by atoms with Gasteiger partial charge in [-0.15, -0.1) is 11.8 Å². The van der Waals surface area contributed by atoms with Crippen molar-refractivity contribution in [3.05, 3.63) is 0 Å². The lowest BCUT2D eigenvalue weighted by Crippen LogP contribution is -2.34. The molecule has 0 radical (unpaired) electrons. The fourth-order valence-electron chi connectivity index (χ4n) is 0.548. The van der Waals surface area contributed by atoms with Crippen LogP contribution in [0.3, 0.4) is 0 Å². The number of nitrogens with two attached hydrogens (primary N) is 1. The third-order valence-electron chi connectivity index (χ3n) is 1.25. The van der Waals surface area contributed by atoms with Gasteiger partial charge in [0.25, 0.3) is 0 Å². The molecule has 2 N–H and O–H groups in total. The number of hydrogen-bond donors (Lipinski definition) is 1. The second-order valence-electron chi connectivity index (χ2n) is 2.22. The van der Waals surface area contributed by atoms with E-state index in [1.54, 1.807) is 0 Å². The molecule has 1 atom stereocenters. The number of thioether (sulfide) groups is 1.